The van der Waals surface area contributed by atoms with Crippen LogP contribution in [0, 0.1) is 23.2 Å². The predicted octanol–water partition coefficient (Wildman–Crippen LogP) is 7.30. The van der Waals surface area contributed by atoms with E-state index in [1.54, 1.807) is 15.4 Å². The van der Waals surface area contributed by atoms with Crippen molar-refractivity contribution in [3.05, 3.63) is 68.7 Å². The molecule has 202 valence electrons. The maximum absolute atomic E-state index is 3.95. The van der Waals surface area contributed by atoms with Crippen LogP contribution in [-0.2, 0) is 0 Å². The van der Waals surface area contributed by atoms with E-state index in [0.29, 0.717) is 11.2 Å². The number of rotatable bonds is 2. The average molecular weight is 546 g/mol. The van der Waals surface area contributed by atoms with Crippen LogP contribution in [0.2, 0.25) is 0 Å². The van der Waals surface area contributed by atoms with Crippen molar-refractivity contribution in [3.8, 4) is 0 Å². The van der Waals surface area contributed by atoms with Gasteiger partial charge in [-0.25, -0.2) is 5.43 Å². The van der Waals surface area contributed by atoms with Gasteiger partial charge in [-0.05, 0) is 103 Å². The molecular formula is C33H43N3S2. The number of allylic oxidation sites excluding steroid dienone is 7. The van der Waals surface area contributed by atoms with Crippen molar-refractivity contribution in [2.45, 2.75) is 93.6 Å². The molecule has 1 saturated carbocycles. The van der Waals surface area contributed by atoms with Gasteiger partial charge in [-0.1, -0.05) is 49.6 Å². The average Bonchev–Trinajstić information content (AvgIpc) is 3.52. The summed E-state index contributed by atoms with van der Waals surface area (Å²) >= 11 is 4.56. The minimum Gasteiger partial charge on any atom is -0.328 e. The lowest BCUT2D eigenvalue weighted by molar-refractivity contribution is 0.136. The summed E-state index contributed by atoms with van der Waals surface area (Å²) in [4.78, 5) is 3.47. The van der Waals surface area contributed by atoms with Crippen LogP contribution < -0.4 is 16.2 Å². The van der Waals surface area contributed by atoms with Gasteiger partial charge in [0.2, 0.25) is 0 Å². The Kier molecular flexibility index (Phi) is 6.51. The number of piperidine rings is 1. The highest BCUT2D eigenvalue weighted by molar-refractivity contribution is 8.04. The molecule has 38 heavy (non-hydrogen) atoms. The summed E-state index contributed by atoms with van der Waals surface area (Å²) in [5.41, 5.74) is 13.3. The second kappa shape index (κ2) is 10.0. The summed E-state index contributed by atoms with van der Waals surface area (Å²) in [5, 5.41) is 5.29. The Balaban J connectivity index is 1.27. The highest BCUT2D eigenvalue weighted by atomic mass is 32.2. The molecule has 3 nitrogen and oxygen atoms in total. The summed E-state index contributed by atoms with van der Waals surface area (Å²) in [6.07, 6.45) is 31.8. The zero-order chi connectivity index (χ0) is 25.1. The van der Waals surface area contributed by atoms with Crippen LogP contribution in [0.3, 0.4) is 0 Å². The maximum Gasteiger partial charge on any atom is 0.0419 e. The fraction of sp³-hybridized carbons (Fsp3) is 0.636. The van der Waals surface area contributed by atoms with Crippen molar-refractivity contribution >= 4 is 23.5 Å². The topological polar surface area (TPSA) is 36.1 Å². The van der Waals surface area contributed by atoms with E-state index in [1.165, 1.54) is 94.7 Å². The molecular weight excluding hydrogens is 503 g/mol. The number of hydrazine groups is 1. The SMILES string of the molecule is C1=CC2C(C=C1C1=CNNC1)SC1=C(CCC(C3CCCCN3)C1)C21C2=CCCC=C2SC2CCCCC21. The lowest BCUT2D eigenvalue weighted by Gasteiger charge is -2.61. The highest BCUT2D eigenvalue weighted by Gasteiger charge is 2.61. The van der Waals surface area contributed by atoms with Gasteiger partial charge in [-0.3, -0.25) is 0 Å². The molecule has 2 saturated heterocycles. The van der Waals surface area contributed by atoms with Gasteiger partial charge in [0.25, 0.3) is 0 Å². The summed E-state index contributed by atoms with van der Waals surface area (Å²) in [6, 6.07) is 0.735. The third kappa shape index (κ3) is 3.85. The molecule has 4 aliphatic heterocycles. The molecule has 0 bridgehead atoms. The van der Waals surface area contributed by atoms with E-state index < -0.39 is 0 Å². The monoisotopic (exact) mass is 545 g/mol. The van der Waals surface area contributed by atoms with E-state index in [0.717, 1.165) is 29.7 Å². The standard InChI is InChI=1S/C33H43N3S2/c1-3-10-29-24(7-1)33(25-8-2-4-11-30(25)37-29)26-14-12-21(23-19-35-36-20-23)17-31(26)38-32-18-22(13-15-27(32)33)28-9-5-6-16-34-28/h7,10,12,14,17,19,22,25-26,28,30-31,34-36H,1-6,8-9,11,13,15-16,18,20H2. The molecule has 8 aliphatic rings. The van der Waals surface area contributed by atoms with Crippen LogP contribution in [0.15, 0.2) is 68.7 Å². The van der Waals surface area contributed by atoms with E-state index >= 15 is 0 Å². The maximum atomic E-state index is 3.95. The Morgan fingerprint density at radius 3 is 2.76 bits per heavy atom. The first-order valence-corrected chi connectivity index (χ1v) is 17.4. The molecule has 7 atom stereocenters. The Bertz CT molecular complexity index is 1170. The number of thioether (sulfide) groups is 2. The van der Waals surface area contributed by atoms with Gasteiger partial charge in [0.1, 0.15) is 0 Å². The Hall–Kier alpha value is -1.14. The molecule has 3 N–H and O–H groups in total. The molecule has 5 heteroatoms. The minimum atomic E-state index is 0.220. The van der Waals surface area contributed by atoms with Crippen LogP contribution in [-0.4, -0.2) is 29.6 Å². The van der Waals surface area contributed by atoms with E-state index in [9.17, 15) is 0 Å². The van der Waals surface area contributed by atoms with Gasteiger partial charge in [-0.2, -0.15) is 0 Å². The van der Waals surface area contributed by atoms with Gasteiger partial charge in [0.15, 0.2) is 0 Å². The first-order chi connectivity index (χ1) is 18.8. The van der Waals surface area contributed by atoms with Crippen LogP contribution in [0.25, 0.3) is 0 Å². The molecule has 4 heterocycles. The van der Waals surface area contributed by atoms with Crippen molar-refractivity contribution in [3.63, 3.8) is 0 Å². The zero-order valence-electron chi connectivity index (χ0n) is 22.6. The molecule has 3 fully saturated rings. The minimum absolute atomic E-state index is 0.220. The van der Waals surface area contributed by atoms with Crippen molar-refractivity contribution in [1.29, 1.82) is 0 Å². The van der Waals surface area contributed by atoms with Crippen molar-refractivity contribution in [2.24, 2.45) is 23.2 Å². The van der Waals surface area contributed by atoms with E-state index in [-0.39, 0.29) is 5.41 Å². The molecule has 7 unspecified atom stereocenters. The van der Waals surface area contributed by atoms with Crippen LogP contribution in [0.5, 0.6) is 0 Å². The molecule has 0 radical (unpaired) electrons. The number of hydrogen-bond donors (Lipinski definition) is 3. The van der Waals surface area contributed by atoms with Gasteiger partial charge in [0.05, 0.1) is 0 Å². The van der Waals surface area contributed by atoms with Gasteiger partial charge in [0, 0.05) is 45.5 Å². The van der Waals surface area contributed by atoms with Crippen molar-refractivity contribution < 1.29 is 0 Å². The van der Waals surface area contributed by atoms with E-state index in [2.05, 4.69) is 76.3 Å². The first-order valence-electron chi connectivity index (χ1n) is 15.6. The quantitative estimate of drug-likeness (QED) is 0.339. The molecule has 0 aromatic carbocycles. The molecule has 0 aromatic heterocycles. The summed E-state index contributed by atoms with van der Waals surface area (Å²) < 4.78 is 0. The van der Waals surface area contributed by atoms with Crippen LogP contribution in [0.1, 0.15) is 77.0 Å². The molecule has 4 aliphatic carbocycles. The fourth-order valence-electron chi connectivity index (χ4n) is 9.46. The summed E-state index contributed by atoms with van der Waals surface area (Å²) in [6.45, 7) is 2.15. The Morgan fingerprint density at radius 2 is 1.87 bits per heavy atom. The third-order valence-corrected chi connectivity index (χ3v) is 14.0. The molecule has 1 spiro atoms. The molecule has 8 rings (SSSR count). The predicted molar refractivity (Wildman–Crippen MR) is 162 cm³/mol. The number of hydrogen-bond acceptors (Lipinski definition) is 5. The number of nitrogens with one attached hydrogen (secondary N) is 3. The summed E-state index contributed by atoms with van der Waals surface area (Å²) in [5.74, 6) is 2.19. The van der Waals surface area contributed by atoms with Gasteiger partial charge >= 0.3 is 0 Å². The van der Waals surface area contributed by atoms with Crippen molar-refractivity contribution in [1.82, 2.24) is 16.2 Å². The van der Waals surface area contributed by atoms with Gasteiger partial charge in [-0.15, -0.1) is 23.5 Å². The van der Waals surface area contributed by atoms with Gasteiger partial charge < -0.3 is 10.7 Å². The number of fused-ring (bicyclic) bond motifs is 7. The first kappa shape index (κ1) is 24.6. The lowest BCUT2D eigenvalue weighted by atomic mass is 9.51. The second-order valence-corrected chi connectivity index (χ2v) is 15.5. The summed E-state index contributed by atoms with van der Waals surface area (Å²) in [7, 11) is 0. The molecule has 0 amide bonds. The van der Waals surface area contributed by atoms with Crippen LogP contribution in [0.4, 0.5) is 0 Å². The Labute approximate surface area is 237 Å². The fourth-order valence-corrected chi connectivity index (χ4v) is 12.9. The highest BCUT2D eigenvalue weighted by Crippen LogP contribution is 2.71. The second-order valence-electron chi connectivity index (χ2n) is 12.9. The Morgan fingerprint density at radius 1 is 0.947 bits per heavy atom. The lowest BCUT2D eigenvalue weighted by Crippen LogP contribution is -2.55. The molecule has 0 aromatic rings. The van der Waals surface area contributed by atoms with Crippen molar-refractivity contribution in [2.75, 3.05) is 13.1 Å². The smallest absolute Gasteiger partial charge is 0.0419 e. The largest absolute Gasteiger partial charge is 0.328 e. The zero-order valence-corrected chi connectivity index (χ0v) is 24.3. The third-order valence-electron chi connectivity index (χ3n) is 11.1. The van der Waals surface area contributed by atoms with E-state index in [1.807, 2.05) is 5.57 Å². The van der Waals surface area contributed by atoms with Crippen LogP contribution >= 0.6 is 23.5 Å². The normalized spacial score (nSPS) is 42.1. The van der Waals surface area contributed by atoms with E-state index in [4.69, 9.17) is 0 Å².